The van der Waals surface area contributed by atoms with Crippen LogP contribution in [0, 0.1) is 21.4 Å². The van der Waals surface area contributed by atoms with Crippen LogP contribution in [0.1, 0.15) is 12.5 Å². The Labute approximate surface area is 100 Å². The minimum Gasteiger partial charge on any atom is -0.480 e. The average molecular weight is 253 g/mol. The number of nitrogens with zero attached hydrogens (tertiary/aromatic N) is 3. The molecule has 17 heavy (non-hydrogen) atoms. The highest BCUT2D eigenvalue weighted by molar-refractivity contribution is 8.00. The standard InChI is InChI=1S/C9H7N3O4S/c1-5(9(13)14)17-8-6(3-10)2-7(4-11-8)12(15)16/h2,4-5H,1H3,(H,13,14). The number of rotatable bonds is 4. The number of nitro groups is 1. The van der Waals surface area contributed by atoms with Crippen LogP contribution in [0.15, 0.2) is 17.3 Å². The number of carbonyl (C=O) groups is 1. The summed E-state index contributed by atoms with van der Waals surface area (Å²) in [5.74, 6) is -1.04. The maximum Gasteiger partial charge on any atom is 0.316 e. The summed E-state index contributed by atoms with van der Waals surface area (Å²) >= 11 is 0.868. The van der Waals surface area contributed by atoms with Crippen LogP contribution in [0.25, 0.3) is 0 Å². The Morgan fingerprint density at radius 2 is 2.41 bits per heavy atom. The highest BCUT2D eigenvalue weighted by Crippen LogP contribution is 2.26. The van der Waals surface area contributed by atoms with Gasteiger partial charge >= 0.3 is 5.97 Å². The highest BCUT2D eigenvalue weighted by Gasteiger charge is 2.18. The Morgan fingerprint density at radius 1 is 1.76 bits per heavy atom. The molecule has 0 saturated heterocycles. The van der Waals surface area contributed by atoms with Gasteiger partial charge in [-0.25, -0.2) is 4.98 Å². The van der Waals surface area contributed by atoms with Crippen molar-refractivity contribution in [3.8, 4) is 6.07 Å². The summed E-state index contributed by atoms with van der Waals surface area (Å²) in [6.45, 7) is 1.44. The van der Waals surface area contributed by atoms with Gasteiger partial charge in [-0.3, -0.25) is 14.9 Å². The molecule has 1 atom stereocenters. The zero-order valence-electron chi connectivity index (χ0n) is 8.65. The number of carboxylic acids is 1. The molecule has 0 amide bonds. The van der Waals surface area contributed by atoms with Gasteiger partial charge in [-0.1, -0.05) is 11.8 Å². The number of pyridine rings is 1. The van der Waals surface area contributed by atoms with Crippen LogP contribution in [0.3, 0.4) is 0 Å². The monoisotopic (exact) mass is 253 g/mol. The van der Waals surface area contributed by atoms with E-state index in [2.05, 4.69) is 4.98 Å². The second-order valence-corrected chi connectivity index (χ2v) is 4.34. The topological polar surface area (TPSA) is 117 Å². The number of nitriles is 1. The molecule has 0 saturated carbocycles. The molecule has 0 spiro atoms. The Kier molecular flexibility index (Phi) is 4.01. The Hall–Kier alpha value is -2.14. The summed E-state index contributed by atoms with van der Waals surface area (Å²) in [4.78, 5) is 24.2. The molecule has 0 aliphatic carbocycles. The first-order chi connectivity index (χ1) is 7.95. The quantitative estimate of drug-likeness (QED) is 0.489. The fraction of sp³-hybridized carbons (Fsp3) is 0.222. The summed E-state index contributed by atoms with van der Waals surface area (Å²) in [6, 6.07) is 2.83. The van der Waals surface area contributed by atoms with E-state index in [9.17, 15) is 14.9 Å². The molecule has 1 N–H and O–H groups in total. The molecule has 0 aromatic carbocycles. The molecule has 0 aliphatic heterocycles. The van der Waals surface area contributed by atoms with Gasteiger partial charge in [0.05, 0.1) is 10.5 Å². The molecule has 7 nitrogen and oxygen atoms in total. The lowest BCUT2D eigenvalue weighted by molar-refractivity contribution is -0.385. The molecular formula is C9H7N3O4S. The lowest BCUT2D eigenvalue weighted by Crippen LogP contribution is -2.11. The molecule has 1 heterocycles. The van der Waals surface area contributed by atoms with E-state index in [0.29, 0.717) is 0 Å². The SMILES string of the molecule is CC(Sc1ncc([N+](=O)[O-])cc1C#N)C(=O)O. The zero-order chi connectivity index (χ0) is 13.0. The Morgan fingerprint density at radius 3 is 2.88 bits per heavy atom. The summed E-state index contributed by atoms with van der Waals surface area (Å²) in [7, 11) is 0. The summed E-state index contributed by atoms with van der Waals surface area (Å²) in [5.41, 5.74) is -0.300. The maximum absolute atomic E-state index is 10.6. The first kappa shape index (κ1) is 12.9. The average Bonchev–Trinajstić information content (AvgIpc) is 2.28. The van der Waals surface area contributed by atoms with Crippen LogP contribution in [0.4, 0.5) is 5.69 Å². The van der Waals surface area contributed by atoms with Crippen molar-refractivity contribution in [2.75, 3.05) is 0 Å². The molecule has 1 unspecified atom stereocenters. The highest BCUT2D eigenvalue weighted by atomic mass is 32.2. The van der Waals surface area contributed by atoms with Gasteiger partial charge < -0.3 is 5.11 Å². The van der Waals surface area contributed by atoms with E-state index in [1.807, 2.05) is 0 Å². The zero-order valence-corrected chi connectivity index (χ0v) is 9.47. The third-order valence-corrected chi connectivity index (χ3v) is 2.91. The van der Waals surface area contributed by atoms with Gasteiger partial charge in [0.1, 0.15) is 22.5 Å². The minimum atomic E-state index is -1.04. The van der Waals surface area contributed by atoms with Gasteiger partial charge in [0, 0.05) is 6.07 Å². The minimum absolute atomic E-state index is 0.00250. The molecule has 8 heteroatoms. The van der Waals surface area contributed by atoms with Gasteiger partial charge in [0.25, 0.3) is 5.69 Å². The van der Waals surface area contributed by atoms with Gasteiger partial charge in [-0.15, -0.1) is 0 Å². The normalized spacial score (nSPS) is 11.5. The largest absolute Gasteiger partial charge is 0.480 e. The van der Waals surface area contributed by atoms with Crippen LogP contribution < -0.4 is 0 Å². The number of thioether (sulfide) groups is 1. The van der Waals surface area contributed by atoms with Crippen molar-refractivity contribution in [2.45, 2.75) is 17.2 Å². The van der Waals surface area contributed by atoms with E-state index in [1.165, 1.54) is 6.92 Å². The number of hydrogen-bond donors (Lipinski definition) is 1. The van der Waals surface area contributed by atoms with Crippen LogP contribution in [0.5, 0.6) is 0 Å². The first-order valence-corrected chi connectivity index (χ1v) is 5.27. The molecule has 0 fully saturated rings. The fourth-order valence-electron chi connectivity index (χ4n) is 0.933. The molecule has 0 radical (unpaired) electrons. The molecule has 1 rings (SSSR count). The predicted molar refractivity (Wildman–Crippen MR) is 58.6 cm³/mol. The molecule has 88 valence electrons. The maximum atomic E-state index is 10.6. The lowest BCUT2D eigenvalue weighted by Gasteiger charge is -2.05. The van der Waals surface area contributed by atoms with Gasteiger partial charge in [-0.05, 0) is 6.92 Å². The third-order valence-electron chi connectivity index (χ3n) is 1.80. The summed E-state index contributed by atoms with van der Waals surface area (Å²) < 4.78 is 0. The smallest absolute Gasteiger partial charge is 0.316 e. The number of carboxylic acid groups (broad SMARTS) is 1. The van der Waals surface area contributed by atoms with Gasteiger partial charge in [0.15, 0.2) is 0 Å². The molecule has 0 aliphatic rings. The van der Waals surface area contributed by atoms with Crippen molar-refractivity contribution < 1.29 is 14.8 Å². The van der Waals surface area contributed by atoms with E-state index in [-0.39, 0.29) is 16.3 Å². The van der Waals surface area contributed by atoms with Crippen molar-refractivity contribution in [1.29, 1.82) is 5.26 Å². The Balaban J connectivity index is 3.06. The lowest BCUT2D eigenvalue weighted by atomic mass is 10.3. The predicted octanol–water partition coefficient (Wildman–Crippen LogP) is 1.43. The molecule has 0 bridgehead atoms. The third kappa shape index (κ3) is 3.15. The van der Waals surface area contributed by atoms with Crippen LogP contribution in [-0.2, 0) is 4.79 Å². The summed E-state index contributed by atoms with van der Waals surface area (Å²) in [6.07, 6.45) is 0.998. The number of aromatic nitrogens is 1. The second kappa shape index (κ2) is 5.27. The van der Waals surface area contributed by atoms with Crippen molar-refractivity contribution in [1.82, 2.24) is 4.98 Å². The molecular weight excluding hydrogens is 246 g/mol. The van der Waals surface area contributed by atoms with E-state index >= 15 is 0 Å². The number of aliphatic carboxylic acids is 1. The van der Waals surface area contributed by atoms with Crippen molar-refractivity contribution in [3.63, 3.8) is 0 Å². The van der Waals surface area contributed by atoms with E-state index in [1.54, 1.807) is 6.07 Å². The van der Waals surface area contributed by atoms with Crippen LogP contribution in [-0.4, -0.2) is 26.2 Å². The van der Waals surface area contributed by atoms with E-state index in [4.69, 9.17) is 10.4 Å². The first-order valence-electron chi connectivity index (χ1n) is 4.39. The second-order valence-electron chi connectivity index (χ2n) is 3.01. The molecule has 1 aromatic heterocycles. The summed E-state index contributed by atoms with van der Waals surface area (Å²) in [5, 5.41) is 27.4. The van der Waals surface area contributed by atoms with Crippen molar-refractivity contribution >= 4 is 23.4 Å². The molecule has 1 aromatic rings. The van der Waals surface area contributed by atoms with Crippen LogP contribution >= 0.6 is 11.8 Å². The van der Waals surface area contributed by atoms with Gasteiger partial charge in [0.2, 0.25) is 0 Å². The van der Waals surface area contributed by atoms with Gasteiger partial charge in [-0.2, -0.15) is 5.26 Å². The fourth-order valence-corrected chi connectivity index (χ4v) is 1.71. The van der Waals surface area contributed by atoms with E-state index in [0.717, 1.165) is 24.0 Å². The Bertz CT molecular complexity index is 511. The van der Waals surface area contributed by atoms with Crippen molar-refractivity contribution in [3.05, 3.63) is 27.9 Å². The number of hydrogen-bond acceptors (Lipinski definition) is 6. The van der Waals surface area contributed by atoms with Crippen LogP contribution in [0.2, 0.25) is 0 Å². The van der Waals surface area contributed by atoms with Crippen molar-refractivity contribution in [2.24, 2.45) is 0 Å². The van der Waals surface area contributed by atoms with E-state index < -0.39 is 16.1 Å².